The van der Waals surface area contributed by atoms with Gasteiger partial charge in [-0.2, -0.15) is 0 Å². The Kier molecular flexibility index (Phi) is 5.98. The lowest BCUT2D eigenvalue weighted by molar-refractivity contribution is -0.121. The number of ether oxygens (including phenoxy) is 2. The smallest absolute Gasteiger partial charge is 0.321 e. The monoisotopic (exact) mass is 361 g/mol. The normalized spacial score (nSPS) is 19.4. The van der Waals surface area contributed by atoms with Crippen molar-refractivity contribution in [3.8, 4) is 11.5 Å². The summed E-state index contributed by atoms with van der Waals surface area (Å²) in [5.41, 5.74) is 1.11. The van der Waals surface area contributed by atoms with Crippen LogP contribution < -0.4 is 20.1 Å². The number of fused-ring (bicyclic) bond motifs is 1. The Hall–Kier alpha value is -2.28. The average Bonchev–Trinajstić information content (AvgIpc) is 3.07. The molecule has 0 radical (unpaired) electrons. The van der Waals surface area contributed by atoms with Crippen molar-refractivity contribution >= 4 is 11.9 Å². The molecule has 0 aromatic heterocycles. The fourth-order valence-corrected chi connectivity index (χ4v) is 3.35. The van der Waals surface area contributed by atoms with Crippen LogP contribution in [0.25, 0.3) is 0 Å². The molecule has 1 saturated heterocycles. The van der Waals surface area contributed by atoms with Gasteiger partial charge in [-0.1, -0.05) is 19.9 Å². The maximum atomic E-state index is 12.2. The number of rotatable bonds is 5. The van der Waals surface area contributed by atoms with E-state index in [1.807, 2.05) is 32.0 Å². The van der Waals surface area contributed by atoms with Crippen LogP contribution in [0.2, 0.25) is 0 Å². The van der Waals surface area contributed by atoms with Gasteiger partial charge in [0.15, 0.2) is 11.5 Å². The molecule has 2 aliphatic rings. The van der Waals surface area contributed by atoms with Gasteiger partial charge in [0, 0.05) is 12.6 Å². The molecule has 1 unspecified atom stereocenters. The molecule has 1 atom stereocenters. The second kappa shape index (κ2) is 8.40. The van der Waals surface area contributed by atoms with E-state index < -0.39 is 6.03 Å². The molecule has 2 aliphatic heterocycles. The SMILES string of the molecule is CC(C)CNC(=O)NC(=O)CN1CCCC1c1ccc2c(c1)OCCO2. The summed E-state index contributed by atoms with van der Waals surface area (Å²) < 4.78 is 11.2. The minimum atomic E-state index is -0.432. The van der Waals surface area contributed by atoms with Crippen molar-refractivity contribution in [2.75, 3.05) is 32.8 Å². The van der Waals surface area contributed by atoms with Crippen molar-refractivity contribution < 1.29 is 19.1 Å². The number of likely N-dealkylation sites (tertiary alicyclic amines) is 1. The Morgan fingerprint density at radius 1 is 1.23 bits per heavy atom. The summed E-state index contributed by atoms with van der Waals surface area (Å²) in [6.07, 6.45) is 2.00. The summed E-state index contributed by atoms with van der Waals surface area (Å²) in [6.45, 7) is 6.71. The Morgan fingerprint density at radius 2 is 2.00 bits per heavy atom. The van der Waals surface area contributed by atoms with Crippen molar-refractivity contribution in [3.63, 3.8) is 0 Å². The highest BCUT2D eigenvalue weighted by atomic mass is 16.6. The predicted octanol–water partition coefficient (Wildman–Crippen LogP) is 2.08. The minimum Gasteiger partial charge on any atom is -0.486 e. The molecule has 1 fully saturated rings. The molecular formula is C19H27N3O4. The van der Waals surface area contributed by atoms with Crippen LogP contribution in [0.15, 0.2) is 18.2 Å². The molecule has 2 N–H and O–H groups in total. The summed E-state index contributed by atoms with van der Waals surface area (Å²) in [5.74, 6) is 1.59. The second-order valence-corrected chi connectivity index (χ2v) is 7.18. The highest BCUT2D eigenvalue weighted by Gasteiger charge is 2.29. The topological polar surface area (TPSA) is 79.9 Å². The molecule has 0 saturated carbocycles. The molecule has 26 heavy (non-hydrogen) atoms. The van der Waals surface area contributed by atoms with Crippen molar-refractivity contribution in [1.82, 2.24) is 15.5 Å². The van der Waals surface area contributed by atoms with Gasteiger partial charge < -0.3 is 14.8 Å². The van der Waals surface area contributed by atoms with Crippen LogP contribution in [0.5, 0.6) is 11.5 Å². The lowest BCUT2D eigenvalue weighted by Crippen LogP contribution is -2.45. The third-order valence-corrected chi connectivity index (χ3v) is 4.59. The number of urea groups is 1. The van der Waals surface area contributed by atoms with Gasteiger partial charge >= 0.3 is 6.03 Å². The quantitative estimate of drug-likeness (QED) is 0.839. The molecule has 0 bridgehead atoms. The van der Waals surface area contributed by atoms with Crippen LogP contribution in [0.1, 0.15) is 38.3 Å². The predicted molar refractivity (Wildman–Crippen MR) is 97.4 cm³/mol. The lowest BCUT2D eigenvalue weighted by Gasteiger charge is -2.26. The van der Waals surface area contributed by atoms with Crippen molar-refractivity contribution in [1.29, 1.82) is 0 Å². The Labute approximate surface area is 154 Å². The number of hydrogen-bond donors (Lipinski definition) is 2. The van der Waals surface area contributed by atoms with E-state index in [2.05, 4.69) is 15.5 Å². The van der Waals surface area contributed by atoms with Crippen LogP contribution in [0.3, 0.4) is 0 Å². The van der Waals surface area contributed by atoms with E-state index in [0.29, 0.717) is 25.7 Å². The van der Waals surface area contributed by atoms with Crippen molar-refractivity contribution in [3.05, 3.63) is 23.8 Å². The number of amides is 3. The molecule has 7 heteroatoms. The second-order valence-electron chi connectivity index (χ2n) is 7.18. The van der Waals surface area contributed by atoms with E-state index in [4.69, 9.17) is 9.47 Å². The molecule has 0 spiro atoms. The third kappa shape index (κ3) is 4.66. The van der Waals surface area contributed by atoms with Crippen LogP contribution in [-0.4, -0.2) is 49.7 Å². The zero-order valence-corrected chi connectivity index (χ0v) is 15.4. The van der Waals surface area contributed by atoms with E-state index in [1.165, 1.54) is 0 Å². The number of hydrogen-bond acceptors (Lipinski definition) is 5. The van der Waals surface area contributed by atoms with E-state index in [9.17, 15) is 9.59 Å². The Balaban J connectivity index is 1.58. The average molecular weight is 361 g/mol. The summed E-state index contributed by atoms with van der Waals surface area (Å²) in [4.78, 5) is 26.1. The zero-order chi connectivity index (χ0) is 18.5. The van der Waals surface area contributed by atoms with Gasteiger partial charge in [0.1, 0.15) is 13.2 Å². The maximum absolute atomic E-state index is 12.2. The van der Waals surface area contributed by atoms with Gasteiger partial charge in [0.05, 0.1) is 6.54 Å². The first-order valence-corrected chi connectivity index (χ1v) is 9.24. The molecular weight excluding hydrogens is 334 g/mol. The van der Waals surface area contributed by atoms with E-state index in [0.717, 1.165) is 36.4 Å². The number of nitrogens with one attached hydrogen (secondary N) is 2. The highest BCUT2D eigenvalue weighted by Crippen LogP contribution is 2.37. The van der Waals surface area contributed by atoms with Gasteiger partial charge in [-0.3, -0.25) is 15.0 Å². The summed E-state index contributed by atoms with van der Waals surface area (Å²) in [5, 5.41) is 5.10. The Bertz CT molecular complexity index is 662. The van der Waals surface area contributed by atoms with Crippen molar-refractivity contribution in [2.45, 2.75) is 32.7 Å². The fraction of sp³-hybridized carbons (Fsp3) is 0.579. The number of nitrogens with zero attached hydrogens (tertiary/aromatic N) is 1. The van der Waals surface area contributed by atoms with Gasteiger partial charge in [-0.05, 0) is 43.0 Å². The molecule has 1 aromatic rings. The van der Waals surface area contributed by atoms with E-state index in [-0.39, 0.29) is 18.5 Å². The molecule has 2 heterocycles. The summed E-state index contributed by atoms with van der Waals surface area (Å²) in [6, 6.07) is 5.68. The molecule has 0 aliphatic carbocycles. The number of benzene rings is 1. The first kappa shape index (κ1) is 18.5. The number of carbonyl (C=O) groups excluding carboxylic acids is 2. The number of imide groups is 1. The molecule has 142 valence electrons. The van der Waals surface area contributed by atoms with Crippen LogP contribution in [0, 0.1) is 5.92 Å². The van der Waals surface area contributed by atoms with E-state index >= 15 is 0 Å². The highest BCUT2D eigenvalue weighted by molar-refractivity contribution is 5.95. The van der Waals surface area contributed by atoms with E-state index in [1.54, 1.807) is 0 Å². The van der Waals surface area contributed by atoms with Crippen LogP contribution >= 0.6 is 0 Å². The fourth-order valence-electron chi connectivity index (χ4n) is 3.35. The molecule has 7 nitrogen and oxygen atoms in total. The molecule has 3 rings (SSSR count). The first-order chi connectivity index (χ1) is 12.5. The largest absolute Gasteiger partial charge is 0.486 e. The maximum Gasteiger partial charge on any atom is 0.321 e. The summed E-state index contributed by atoms with van der Waals surface area (Å²) >= 11 is 0. The summed E-state index contributed by atoms with van der Waals surface area (Å²) in [7, 11) is 0. The van der Waals surface area contributed by atoms with Gasteiger partial charge in [-0.25, -0.2) is 4.79 Å². The van der Waals surface area contributed by atoms with Gasteiger partial charge in [-0.15, -0.1) is 0 Å². The van der Waals surface area contributed by atoms with Crippen LogP contribution in [0.4, 0.5) is 4.79 Å². The third-order valence-electron chi connectivity index (χ3n) is 4.59. The standard InChI is InChI=1S/C19H27N3O4/c1-13(2)11-20-19(24)21-18(23)12-22-7-3-4-15(22)14-5-6-16-17(10-14)26-9-8-25-16/h5-6,10,13,15H,3-4,7-9,11-12H2,1-2H3,(H2,20,21,23,24). The number of carbonyl (C=O) groups is 2. The molecule has 3 amide bonds. The lowest BCUT2D eigenvalue weighted by atomic mass is 10.0. The van der Waals surface area contributed by atoms with Crippen molar-refractivity contribution in [2.24, 2.45) is 5.92 Å². The molecule has 1 aromatic carbocycles. The van der Waals surface area contributed by atoms with Crippen LogP contribution in [-0.2, 0) is 4.79 Å². The van der Waals surface area contributed by atoms with Gasteiger partial charge in [0.25, 0.3) is 0 Å². The zero-order valence-electron chi connectivity index (χ0n) is 15.4. The minimum absolute atomic E-state index is 0.148. The first-order valence-electron chi connectivity index (χ1n) is 9.24. The Morgan fingerprint density at radius 3 is 2.77 bits per heavy atom. The van der Waals surface area contributed by atoms with Gasteiger partial charge in [0.2, 0.25) is 5.91 Å².